The van der Waals surface area contributed by atoms with E-state index in [2.05, 4.69) is 6.58 Å². The van der Waals surface area contributed by atoms with Gasteiger partial charge in [0.25, 0.3) is 0 Å². The maximum atomic E-state index is 12.1. The second kappa shape index (κ2) is 3.12. The number of halogens is 3. The third-order valence-corrected chi connectivity index (χ3v) is 1.56. The number of rotatable bonds is 1. The summed E-state index contributed by atoms with van der Waals surface area (Å²) < 4.78 is 36.2. The molecule has 0 unspecified atom stereocenters. The van der Waals surface area contributed by atoms with Gasteiger partial charge in [-0.1, -0.05) is 18.7 Å². The third-order valence-electron chi connectivity index (χ3n) is 1.56. The normalized spacial score (nSPS) is 11.3. The van der Waals surface area contributed by atoms with Crippen LogP contribution in [-0.2, 0) is 0 Å². The van der Waals surface area contributed by atoms with E-state index in [4.69, 9.17) is 5.11 Å². The molecule has 13 heavy (non-hydrogen) atoms. The van der Waals surface area contributed by atoms with E-state index in [0.717, 1.165) is 0 Å². The molecule has 0 fully saturated rings. The molecule has 0 amide bonds. The molecule has 0 atom stereocenters. The van der Waals surface area contributed by atoms with Gasteiger partial charge in [-0.25, -0.2) is 0 Å². The Morgan fingerprint density at radius 2 is 1.62 bits per heavy atom. The Balaban J connectivity index is 2.97. The van der Waals surface area contributed by atoms with E-state index in [1.165, 1.54) is 24.3 Å². The zero-order chi connectivity index (χ0) is 10.1. The predicted octanol–water partition coefficient (Wildman–Crippen LogP) is 2.97. The lowest BCUT2D eigenvalue weighted by molar-refractivity contribution is -0.0686. The average molecular weight is 188 g/mol. The van der Waals surface area contributed by atoms with E-state index in [0.29, 0.717) is 0 Å². The van der Waals surface area contributed by atoms with Crippen molar-refractivity contribution < 1.29 is 18.3 Å². The molecule has 1 rings (SSSR count). The first-order valence-corrected chi connectivity index (χ1v) is 3.47. The number of phenols is 1. The van der Waals surface area contributed by atoms with E-state index < -0.39 is 11.7 Å². The number of alkyl halides is 3. The van der Waals surface area contributed by atoms with Crippen LogP contribution in [0, 0.1) is 0 Å². The van der Waals surface area contributed by atoms with Crippen molar-refractivity contribution in [2.45, 2.75) is 6.18 Å². The summed E-state index contributed by atoms with van der Waals surface area (Å²) in [6.45, 7) is 2.92. The molecule has 70 valence electrons. The van der Waals surface area contributed by atoms with Crippen LogP contribution < -0.4 is 0 Å². The molecule has 1 aromatic rings. The molecule has 0 aliphatic rings. The number of hydrogen-bond donors (Lipinski definition) is 1. The molecule has 1 aromatic carbocycles. The van der Waals surface area contributed by atoms with Crippen LogP contribution in [0.4, 0.5) is 13.2 Å². The van der Waals surface area contributed by atoms with Crippen LogP contribution in [0.25, 0.3) is 5.57 Å². The fourth-order valence-electron chi connectivity index (χ4n) is 0.826. The van der Waals surface area contributed by atoms with Crippen LogP contribution in [0.1, 0.15) is 5.56 Å². The summed E-state index contributed by atoms with van der Waals surface area (Å²) in [5, 5.41) is 8.83. The van der Waals surface area contributed by atoms with Crippen molar-refractivity contribution in [1.29, 1.82) is 0 Å². The summed E-state index contributed by atoms with van der Waals surface area (Å²) in [4.78, 5) is 0. The van der Waals surface area contributed by atoms with Gasteiger partial charge in [0.15, 0.2) is 0 Å². The molecule has 0 aliphatic carbocycles. The van der Waals surface area contributed by atoms with Gasteiger partial charge in [0.1, 0.15) is 5.75 Å². The smallest absolute Gasteiger partial charge is 0.416 e. The van der Waals surface area contributed by atoms with Gasteiger partial charge in [-0.15, -0.1) is 0 Å². The molecule has 0 radical (unpaired) electrons. The van der Waals surface area contributed by atoms with Crippen molar-refractivity contribution in [3.63, 3.8) is 0 Å². The van der Waals surface area contributed by atoms with Gasteiger partial charge in [0.2, 0.25) is 0 Å². The highest BCUT2D eigenvalue weighted by molar-refractivity contribution is 5.67. The Kier molecular flexibility index (Phi) is 2.32. The van der Waals surface area contributed by atoms with Gasteiger partial charge in [0, 0.05) is 0 Å². The zero-order valence-corrected chi connectivity index (χ0v) is 6.60. The molecule has 0 saturated heterocycles. The highest BCUT2D eigenvalue weighted by atomic mass is 19.4. The summed E-state index contributed by atoms with van der Waals surface area (Å²) in [6.07, 6.45) is -4.42. The van der Waals surface area contributed by atoms with Gasteiger partial charge in [0.05, 0.1) is 5.57 Å². The number of benzene rings is 1. The highest BCUT2D eigenvalue weighted by Crippen LogP contribution is 2.32. The van der Waals surface area contributed by atoms with E-state index >= 15 is 0 Å². The zero-order valence-electron chi connectivity index (χ0n) is 6.60. The fourth-order valence-corrected chi connectivity index (χ4v) is 0.826. The summed E-state index contributed by atoms with van der Waals surface area (Å²) in [5.41, 5.74) is -0.946. The topological polar surface area (TPSA) is 20.2 Å². The highest BCUT2D eigenvalue weighted by Gasteiger charge is 2.32. The number of hydrogen-bond acceptors (Lipinski definition) is 1. The van der Waals surface area contributed by atoms with Gasteiger partial charge in [-0.3, -0.25) is 0 Å². The van der Waals surface area contributed by atoms with Crippen LogP contribution in [0.3, 0.4) is 0 Å². The second-order valence-electron chi connectivity index (χ2n) is 2.52. The van der Waals surface area contributed by atoms with Crippen molar-refractivity contribution >= 4 is 5.57 Å². The number of allylic oxidation sites excluding steroid dienone is 1. The van der Waals surface area contributed by atoms with E-state index in [9.17, 15) is 13.2 Å². The molecule has 0 spiro atoms. The Morgan fingerprint density at radius 3 is 2.00 bits per heavy atom. The lowest BCUT2D eigenvalue weighted by Gasteiger charge is -2.09. The predicted molar refractivity (Wildman–Crippen MR) is 43.2 cm³/mol. The van der Waals surface area contributed by atoms with Crippen molar-refractivity contribution in [3.05, 3.63) is 36.4 Å². The molecule has 1 nitrogen and oxygen atoms in total. The second-order valence-corrected chi connectivity index (χ2v) is 2.52. The molecule has 0 bridgehead atoms. The first kappa shape index (κ1) is 9.64. The van der Waals surface area contributed by atoms with Crippen molar-refractivity contribution in [1.82, 2.24) is 0 Å². The van der Waals surface area contributed by atoms with Crippen LogP contribution in [-0.4, -0.2) is 11.3 Å². The monoisotopic (exact) mass is 188 g/mol. The Morgan fingerprint density at radius 1 is 1.15 bits per heavy atom. The minimum absolute atomic E-state index is 0.0368. The van der Waals surface area contributed by atoms with Gasteiger partial charge in [-0.05, 0) is 17.7 Å². The molecule has 1 N–H and O–H groups in total. The van der Waals surface area contributed by atoms with Crippen molar-refractivity contribution in [2.75, 3.05) is 0 Å². The molecular weight excluding hydrogens is 181 g/mol. The van der Waals surface area contributed by atoms with Gasteiger partial charge >= 0.3 is 6.18 Å². The molecular formula is C9H7F3O. The van der Waals surface area contributed by atoms with Gasteiger partial charge in [-0.2, -0.15) is 13.2 Å². The third kappa shape index (κ3) is 2.24. The fraction of sp³-hybridized carbons (Fsp3) is 0.111. The Hall–Kier alpha value is -1.45. The minimum atomic E-state index is -4.42. The summed E-state index contributed by atoms with van der Waals surface area (Å²) in [7, 11) is 0. The molecule has 0 saturated carbocycles. The summed E-state index contributed by atoms with van der Waals surface area (Å²) >= 11 is 0. The van der Waals surface area contributed by atoms with E-state index in [1.54, 1.807) is 0 Å². The number of phenolic OH excluding ortho intramolecular Hbond substituents is 1. The minimum Gasteiger partial charge on any atom is -0.508 e. The Labute approximate surface area is 73.1 Å². The lowest BCUT2D eigenvalue weighted by Crippen LogP contribution is -2.09. The molecule has 4 heteroatoms. The van der Waals surface area contributed by atoms with Crippen LogP contribution in [0.5, 0.6) is 5.75 Å². The van der Waals surface area contributed by atoms with E-state index in [-0.39, 0.29) is 11.3 Å². The van der Waals surface area contributed by atoms with Gasteiger partial charge < -0.3 is 5.11 Å². The molecule has 0 heterocycles. The standard InChI is InChI=1S/C9H7F3O/c1-6(9(10,11)12)7-2-4-8(13)5-3-7/h2-5,13H,1H2. The van der Waals surface area contributed by atoms with Crippen molar-refractivity contribution in [3.8, 4) is 5.75 Å². The first-order valence-electron chi connectivity index (χ1n) is 3.47. The lowest BCUT2D eigenvalue weighted by atomic mass is 10.1. The maximum absolute atomic E-state index is 12.1. The maximum Gasteiger partial charge on any atom is 0.416 e. The average Bonchev–Trinajstić information content (AvgIpc) is 2.03. The summed E-state index contributed by atoms with van der Waals surface area (Å²) in [6, 6.07) is 4.72. The SMILES string of the molecule is C=C(c1ccc(O)cc1)C(F)(F)F. The van der Waals surface area contributed by atoms with Crippen LogP contribution >= 0.6 is 0 Å². The quantitative estimate of drug-likeness (QED) is 0.718. The van der Waals surface area contributed by atoms with E-state index in [1.807, 2.05) is 0 Å². The van der Waals surface area contributed by atoms with Crippen molar-refractivity contribution in [2.24, 2.45) is 0 Å². The van der Waals surface area contributed by atoms with Crippen LogP contribution in [0.15, 0.2) is 30.8 Å². The molecule has 0 aromatic heterocycles. The van der Waals surface area contributed by atoms with Crippen LogP contribution in [0.2, 0.25) is 0 Å². The Bertz CT molecular complexity index is 311. The number of aromatic hydroxyl groups is 1. The largest absolute Gasteiger partial charge is 0.508 e. The summed E-state index contributed by atoms with van der Waals surface area (Å²) in [5.74, 6) is -0.0706. The molecule has 0 aliphatic heterocycles. The first-order chi connectivity index (χ1) is 5.91.